The van der Waals surface area contributed by atoms with Crippen molar-refractivity contribution < 1.29 is 23.9 Å². The quantitative estimate of drug-likeness (QED) is 0.358. The predicted molar refractivity (Wildman–Crippen MR) is 132 cm³/mol. The number of carbonyl (C=O) groups excluding carboxylic acids is 3. The van der Waals surface area contributed by atoms with Gasteiger partial charge in [-0.05, 0) is 55.8 Å². The molecule has 9 nitrogen and oxygen atoms in total. The second kappa shape index (κ2) is 11.8. The SMILES string of the molecule is COc1ccc(NC(=O)NC(=O)COC(=O)/C=C/c2c(C)nn(Cc3ccccc3Cl)c2C)cc1. The van der Waals surface area contributed by atoms with Crippen LogP contribution in [-0.2, 0) is 20.9 Å². The van der Waals surface area contributed by atoms with Crippen molar-refractivity contribution in [1.29, 1.82) is 0 Å². The Kier molecular flexibility index (Phi) is 8.63. The first-order valence-corrected chi connectivity index (χ1v) is 11.0. The topological polar surface area (TPSA) is 112 Å². The number of hydrogen-bond donors (Lipinski definition) is 2. The number of nitrogens with one attached hydrogen (secondary N) is 2. The number of imide groups is 1. The van der Waals surface area contributed by atoms with E-state index >= 15 is 0 Å². The molecule has 1 heterocycles. The van der Waals surface area contributed by atoms with Gasteiger partial charge < -0.3 is 14.8 Å². The molecular formula is C25H25ClN4O5. The van der Waals surface area contributed by atoms with Gasteiger partial charge in [0.25, 0.3) is 5.91 Å². The van der Waals surface area contributed by atoms with Crippen LogP contribution in [0.25, 0.3) is 6.08 Å². The van der Waals surface area contributed by atoms with Crippen LogP contribution in [0, 0.1) is 13.8 Å². The van der Waals surface area contributed by atoms with Gasteiger partial charge in [0.15, 0.2) is 6.61 Å². The largest absolute Gasteiger partial charge is 0.497 e. The third-order valence-corrected chi connectivity index (χ3v) is 5.42. The van der Waals surface area contributed by atoms with Crippen LogP contribution in [0.15, 0.2) is 54.6 Å². The Hall–Kier alpha value is -4.11. The Morgan fingerprint density at radius 3 is 2.49 bits per heavy atom. The first-order chi connectivity index (χ1) is 16.8. The van der Waals surface area contributed by atoms with E-state index in [0.717, 1.165) is 22.5 Å². The maximum atomic E-state index is 12.1. The lowest BCUT2D eigenvalue weighted by Crippen LogP contribution is -2.37. The molecule has 0 fully saturated rings. The minimum absolute atomic E-state index is 0.469. The number of amides is 3. The summed E-state index contributed by atoms with van der Waals surface area (Å²) in [5, 5.41) is 9.75. The van der Waals surface area contributed by atoms with Gasteiger partial charge in [0.2, 0.25) is 0 Å². The van der Waals surface area contributed by atoms with Gasteiger partial charge in [0.1, 0.15) is 5.75 Å². The average Bonchev–Trinajstić information content (AvgIpc) is 3.10. The van der Waals surface area contributed by atoms with E-state index in [9.17, 15) is 14.4 Å². The molecule has 0 radical (unpaired) electrons. The van der Waals surface area contributed by atoms with Crippen molar-refractivity contribution in [2.24, 2.45) is 0 Å². The maximum Gasteiger partial charge on any atom is 0.331 e. The fraction of sp³-hybridized carbons (Fsp3) is 0.200. The smallest absolute Gasteiger partial charge is 0.331 e. The number of methoxy groups -OCH3 is 1. The van der Waals surface area contributed by atoms with E-state index in [0.29, 0.717) is 23.0 Å². The lowest BCUT2D eigenvalue weighted by Gasteiger charge is -2.07. The number of ether oxygens (including phenoxy) is 2. The van der Waals surface area contributed by atoms with Crippen molar-refractivity contribution in [3.05, 3.63) is 82.1 Å². The molecule has 0 unspecified atom stereocenters. The van der Waals surface area contributed by atoms with Crippen LogP contribution in [0.3, 0.4) is 0 Å². The van der Waals surface area contributed by atoms with E-state index in [4.69, 9.17) is 21.1 Å². The standard InChI is InChI=1S/C25H25ClN4O5/c1-16-21(17(2)30(29-16)14-18-6-4-5-7-22(18)26)12-13-24(32)35-15-23(31)28-25(33)27-19-8-10-20(34-3)11-9-19/h4-13H,14-15H2,1-3H3,(H2,27,28,31,33)/b13-12+. The normalized spacial score (nSPS) is 10.7. The Labute approximate surface area is 207 Å². The van der Waals surface area contributed by atoms with E-state index in [1.807, 2.05) is 38.1 Å². The van der Waals surface area contributed by atoms with Crippen LogP contribution in [0.2, 0.25) is 5.02 Å². The Morgan fingerprint density at radius 1 is 1.09 bits per heavy atom. The van der Waals surface area contributed by atoms with E-state index in [1.165, 1.54) is 13.2 Å². The Morgan fingerprint density at radius 2 is 1.80 bits per heavy atom. The molecular weight excluding hydrogens is 472 g/mol. The number of halogens is 1. The first-order valence-electron chi connectivity index (χ1n) is 10.6. The van der Waals surface area contributed by atoms with Gasteiger partial charge in [-0.2, -0.15) is 5.10 Å². The van der Waals surface area contributed by atoms with E-state index in [2.05, 4.69) is 15.7 Å². The number of benzene rings is 2. The number of aryl methyl sites for hydroxylation is 1. The summed E-state index contributed by atoms with van der Waals surface area (Å²) in [6.45, 7) is 3.60. The highest BCUT2D eigenvalue weighted by Gasteiger charge is 2.13. The lowest BCUT2D eigenvalue weighted by atomic mass is 10.1. The fourth-order valence-electron chi connectivity index (χ4n) is 3.23. The fourth-order valence-corrected chi connectivity index (χ4v) is 3.42. The van der Waals surface area contributed by atoms with E-state index in [1.54, 1.807) is 35.0 Å². The molecule has 2 aromatic carbocycles. The second-order valence-electron chi connectivity index (χ2n) is 7.51. The van der Waals surface area contributed by atoms with Crippen molar-refractivity contribution >= 4 is 41.3 Å². The monoisotopic (exact) mass is 496 g/mol. The number of rotatable bonds is 8. The summed E-state index contributed by atoms with van der Waals surface area (Å²) in [6.07, 6.45) is 2.79. The minimum Gasteiger partial charge on any atom is -0.497 e. The predicted octanol–water partition coefficient (Wildman–Crippen LogP) is 4.11. The summed E-state index contributed by atoms with van der Waals surface area (Å²) in [5.74, 6) is -0.864. The summed E-state index contributed by atoms with van der Waals surface area (Å²) >= 11 is 6.24. The summed E-state index contributed by atoms with van der Waals surface area (Å²) in [6, 6.07) is 13.3. The molecule has 0 bridgehead atoms. The van der Waals surface area contributed by atoms with Crippen LogP contribution >= 0.6 is 11.6 Å². The molecule has 0 atom stereocenters. The van der Waals surface area contributed by atoms with Gasteiger partial charge in [-0.25, -0.2) is 9.59 Å². The number of urea groups is 1. The second-order valence-corrected chi connectivity index (χ2v) is 7.91. The molecule has 182 valence electrons. The van der Waals surface area contributed by atoms with Crippen molar-refractivity contribution in [2.45, 2.75) is 20.4 Å². The molecule has 0 aliphatic heterocycles. The minimum atomic E-state index is -0.766. The zero-order valence-corrected chi connectivity index (χ0v) is 20.3. The summed E-state index contributed by atoms with van der Waals surface area (Å²) in [5.41, 5.74) is 3.73. The average molecular weight is 497 g/mol. The molecule has 0 saturated heterocycles. The van der Waals surface area contributed by atoms with Gasteiger partial charge in [-0.3, -0.25) is 14.8 Å². The zero-order chi connectivity index (χ0) is 25.4. The van der Waals surface area contributed by atoms with Crippen molar-refractivity contribution in [3.63, 3.8) is 0 Å². The molecule has 1 aromatic heterocycles. The van der Waals surface area contributed by atoms with Gasteiger partial charge in [0, 0.05) is 28.0 Å². The molecule has 0 aliphatic rings. The summed E-state index contributed by atoms with van der Waals surface area (Å²) < 4.78 is 11.8. The number of aromatic nitrogens is 2. The van der Waals surface area contributed by atoms with Gasteiger partial charge in [-0.15, -0.1) is 0 Å². The van der Waals surface area contributed by atoms with Crippen LogP contribution in [-0.4, -0.2) is 41.4 Å². The summed E-state index contributed by atoms with van der Waals surface area (Å²) in [4.78, 5) is 35.9. The Bertz CT molecular complexity index is 1250. The van der Waals surface area contributed by atoms with Crippen molar-refractivity contribution in [3.8, 4) is 5.75 Å². The van der Waals surface area contributed by atoms with Crippen LogP contribution in [0.4, 0.5) is 10.5 Å². The molecule has 10 heteroatoms. The van der Waals surface area contributed by atoms with Gasteiger partial charge in [0.05, 0.1) is 19.3 Å². The third-order valence-electron chi connectivity index (χ3n) is 5.05. The molecule has 2 N–H and O–H groups in total. The molecule has 0 aliphatic carbocycles. The molecule has 3 amide bonds. The van der Waals surface area contributed by atoms with Crippen LogP contribution < -0.4 is 15.4 Å². The van der Waals surface area contributed by atoms with Crippen molar-refractivity contribution in [2.75, 3.05) is 19.0 Å². The lowest BCUT2D eigenvalue weighted by molar-refractivity contribution is -0.143. The zero-order valence-electron chi connectivity index (χ0n) is 19.5. The number of anilines is 1. The number of esters is 1. The number of hydrogen-bond acceptors (Lipinski definition) is 6. The highest BCUT2D eigenvalue weighted by atomic mass is 35.5. The number of nitrogens with zero attached hydrogens (tertiary/aromatic N) is 2. The summed E-state index contributed by atoms with van der Waals surface area (Å²) in [7, 11) is 1.53. The highest BCUT2D eigenvalue weighted by molar-refractivity contribution is 6.31. The van der Waals surface area contributed by atoms with Crippen molar-refractivity contribution in [1.82, 2.24) is 15.1 Å². The maximum absolute atomic E-state index is 12.1. The molecule has 3 aromatic rings. The molecule has 3 rings (SSSR count). The van der Waals surface area contributed by atoms with E-state index < -0.39 is 24.5 Å². The first kappa shape index (κ1) is 25.5. The van der Waals surface area contributed by atoms with Gasteiger partial charge in [-0.1, -0.05) is 29.8 Å². The number of carbonyl (C=O) groups is 3. The highest BCUT2D eigenvalue weighted by Crippen LogP contribution is 2.20. The van der Waals surface area contributed by atoms with Gasteiger partial charge >= 0.3 is 12.0 Å². The molecule has 0 saturated carbocycles. The Balaban J connectivity index is 1.50. The third kappa shape index (κ3) is 7.18. The molecule has 0 spiro atoms. The molecule has 35 heavy (non-hydrogen) atoms. The van der Waals surface area contributed by atoms with Crippen LogP contribution in [0.1, 0.15) is 22.5 Å². The van der Waals surface area contributed by atoms with E-state index in [-0.39, 0.29) is 0 Å². The van der Waals surface area contributed by atoms with Crippen LogP contribution in [0.5, 0.6) is 5.75 Å².